The van der Waals surface area contributed by atoms with Crippen molar-refractivity contribution >= 4 is 19.8 Å². The lowest BCUT2D eigenvalue weighted by atomic mass is 10.1. The molecular weight excluding hydrogens is 862 g/mol. The summed E-state index contributed by atoms with van der Waals surface area (Å²) in [5, 5.41) is 8.94. The van der Waals surface area contributed by atoms with Crippen molar-refractivity contribution < 1.29 is 42.7 Å². The summed E-state index contributed by atoms with van der Waals surface area (Å²) in [4.78, 5) is 33.8. The van der Waals surface area contributed by atoms with Crippen LogP contribution >= 0.6 is 7.82 Å². The van der Waals surface area contributed by atoms with E-state index in [1.54, 1.807) is 0 Å². The molecule has 0 fully saturated rings. The topological polar surface area (TPSA) is 155 Å². The van der Waals surface area contributed by atoms with E-state index in [9.17, 15) is 19.0 Å². The fourth-order valence-corrected chi connectivity index (χ4v) is 8.56. The van der Waals surface area contributed by atoms with Crippen LogP contribution in [0.15, 0.2) is 48.6 Å². The molecule has 0 bridgehead atoms. The van der Waals surface area contributed by atoms with E-state index in [1.807, 2.05) is 0 Å². The SMILES string of the molecule is CCCCCCC/C=C\C/C=C\C/C=C\CCCCCCCCCCC(=O)OC(COCCCCCCCCCCCC/C=C\CCCCCCCCCC)COP(=O)(O)OCC(N)C(=O)O. The highest BCUT2D eigenvalue weighted by molar-refractivity contribution is 7.47. The van der Waals surface area contributed by atoms with E-state index in [1.165, 1.54) is 173 Å². The summed E-state index contributed by atoms with van der Waals surface area (Å²) in [5.41, 5.74) is 5.38. The van der Waals surface area contributed by atoms with Gasteiger partial charge in [-0.1, -0.05) is 223 Å². The first kappa shape index (κ1) is 64.9. The van der Waals surface area contributed by atoms with Crippen molar-refractivity contribution in [2.24, 2.45) is 5.73 Å². The molecule has 0 aromatic carbocycles. The van der Waals surface area contributed by atoms with E-state index in [-0.39, 0.29) is 13.0 Å². The van der Waals surface area contributed by atoms with Crippen molar-refractivity contribution in [1.29, 1.82) is 0 Å². The number of hydrogen-bond donors (Lipinski definition) is 3. The number of carboxylic acids is 1. The van der Waals surface area contributed by atoms with Gasteiger partial charge in [0.2, 0.25) is 0 Å². The second kappa shape index (κ2) is 51.8. The predicted octanol–water partition coefficient (Wildman–Crippen LogP) is 16.5. The largest absolute Gasteiger partial charge is 0.480 e. The first-order chi connectivity index (χ1) is 32.7. The number of carbonyl (C=O) groups is 2. The van der Waals surface area contributed by atoms with Gasteiger partial charge in [-0.2, -0.15) is 0 Å². The lowest BCUT2D eigenvalue weighted by Gasteiger charge is -2.20. The van der Waals surface area contributed by atoms with Crippen LogP contribution in [0.5, 0.6) is 0 Å². The van der Waals surface area contributed by atoms with Crippen molar-refractivity contribution in [3.05, 3.63) is 48.6 Å². The monoisotopic (exact) mass is 966 g/mol. The van der Waals surface area contributed by atoms with Crippen LogP contribution in [0, 0.1) is 0 Å². The minimum absolute atomic E-state index is 0.0134. The number of phosphoric acid groups is 1. The van der Waals surface area contributed by atoms with Gasteiger partial charge in [-0.05, 0) is 77.0 Å². The standard InChI is InChI=1S/C56H104NO9P/c1-3-5-7-9-11-13-15-17-19-21-23-25-27-28-30-32-34-36-38-40-42-44-46-48-55(58)66-53(51-64-67(61,62)65-52-54(57)56(59)60)50-63-49-47-45-43-41-39-37-35-33-31-29-26-24-22-20-18-16-14-12-10-8-6-4-2/h15,17,21-24,27-28,53-54H,3-14,16,18-20,25-26,29-52,57H2,1-2H3,(H,59,60)(H,61,62)/b17-15-,23-21-,24-22-,28-27-. The van der Waals surface area contributed by atoms with Crippen molar-refractivity contribution in [1.82, 2.24) is 0 Å². The number of ether oxygens (including phenoxy) is 2. The van der Waals surface area contributed by atoms with Gasteiger partial charge in [0, 0.05) is 13.0 Å². The number of allylic oxidation sites excluding steroid dienone is 8. The van der Waals surface area contributed by atoms with Gasteiger partial charge < -0.3 is 25.2 Å². The Morgan fingerprint density at radius 2 is 0.821 bits per heavy atom. The number of unbranched alkanes of at least 4 members (excludes halogenated alkanes) is 31. The minimum atomic E-state index is -4.63. The van der Waals surface area contributed by atoms with Gasteiger partial charge in [0.1, 0.15) is 12.1 Å². The average molecular weight is 966 g/mol. The van der Waals surface area contributed by atoms with Crippen molar-refractivity contribution in [2.45, 2.75) is 270 Å². The molecule has 0 aliphatic carbocycles. The molecule has 11 heteroatoms. The van der Waals surface area contributed by atoms with Crippen LogP contribution in [0.2, 0.25) is 0 Å². The number of rotatable bonds is 53. The van der Waals surface area contributed by atoms with Gasteiger partial charge in [0.15, 0.2) is 0 Å². The number of carbonyl (C=O) groups excluding carboxylic acids is 1. The highest BCUT2D eigenvalue weighted by Gasteiger charge is 2.27. The quantitative estimate of drug-likeness (QED) is 0.0232. The van der Waals surface area contributed by atoms with Gasteiger partial charge >= 0.3 is 19.8 Å². The number of aliphatic carboxylic acids is 1. The summed E-state index contributed by atoms with van der Waals surface area (Å²) in [6, 6.07) is -1.48. The van der Waals surface area contributed by atoms with Crippen LogP contribution in [0.1, 0.15) is 258 Å². The molecule has 0 rings (SSSR count). The third kappa shape index (κ3) is 51.6. The molecule has 67 heavy (non-hydrogen) atoms. The number of carboxylic acid groups (broad SMARTS) is 1. The predicted molar refractivity (Wildman–Crippen MR) is 281 cm³/mol. The Labute approximate surface area is 411 Å². The molecule has 0 saturated carbocycles. The Kier molecular flexibility index (Phi) is 50.2. The lowest BCUT2D eigenvalue weighted by Crippen LogP contribution is -2.34. The maximum absolute atomic E-state index is 12.7. The molecule has 3 atom stereocenters. The number of esters is 1. The first-order valence-corrected chi connectivity index (χ1v) is 29.2. The summed E-state index contributed by atoms with van der Waals surface area (Å²) in [6.07, 6.45) is 63.1. The van der Waals surface area contributed by atoms with Crippen LogP contribution in [-0.4, -0.2) is 60.5 Å². The molecule has 4 N–H and O–H groups in total. The second-order valence-corrected chi connectivity index (χ2v) is 20.2. The molecule has 0 heterocycles. The Morgan fingerprint density at radius 1 is 0.478 bits per heavy atom. The fraction of sp³-hybridized carbons (Fsp3) is 0.821. The van der Waals surface area contributed by atoms with Crippen LogP contribution in [0.4, 0.5) is 0 Å². The van der Waals surface area contributed by atoms with E-state index in [4.69, 9.17) is 29.4 Å². The molecule has 3 unspecified atom stereocenters. The Morgan fingerprint density at radius 3 is 1.24 bits per heavy atom. The van der Waals surface area contributed by atoms with Gasteiger partial charge in [-0.25, -0.2) is 4.57 Å². The summed E-state index contributed by atoms with van der Waals surface area (Å²) >= 11 is 0. The molecule has 0 radical (unpaired) electrons. The molecule has 0 aliphatic heterocycles. The summed E-state index contributed by atoms with van der Waals surface area (Å²) in [7, 11) is -4.63. The van der Waals surface area contributed by atoms with Crippen LogP contribution in [0.25, 0.3) is 0 Å². The first-order valence-electron chi connectivity index (χ1n) is 27.7. The van der Waals surface area contributed by atoms with Crippen LogP contribution < -0.4 is 5.73 Å². The highest BCUT2D eigenvalue weighted by atomic mass is 31.2. The third-order valence-corrected chi connectivity index (χ3v) is 13.0. The third-order valence-electron chi connectivity index (χ3n) is 12.1. The maximum Gasteiger partial charge on any atom is 0.472 e. The Balaban J connectivity index is 4.12. The smallest absolute Gasteiger partial charge is 0.472 e. The molecule has 10 nitrogen and oxygen atoms in total. The van der Waals surface area contributed by atoms with Crippen LogP contribution in [0.3, 0.4) is 0 Å². The van der Waals surface area contributed by atoms with E-state index in [0.29, 0.717) is 13.0 Å². The zero-order valence-corrected chi connectivity index (χ0v) is 44.1. The molecular formula is C56H104NO9P. The van der Waals surface area contributed by atoms with Gasteiger partial charge in [-0.3, -0.25) is 18.6 Å². The maximum atomic E-state index is 12.7. The van der Waals surface area contributed by atoms with E-state index >= 15 is 0 Å². The molecule has 0 spiro atoms. The van der Waals surface area contributed by atoms with E-state index in [0.717, 1.165) is 57.8 Å². The number of nitrogens with two attached hydrogens (primary N) is 1. The van der Waals surface area contributed by atoms with E-state index in [2.05, 4.69) is 62.5 Å². The molecule has 0 saturated heterocycles. The molecule has 0 amide bonds. The fourth-order valence-electron chi connectivity index (χ4n) is 7.78. The second-order valence-electron chi connectivity index (χ2n) is 18.7. The number of phosphoric ester groups is 1. The molecule has 392 valence electrons. The van der Waals surface area contributed by atoms with Gasteiger partial charge in [-0.15, -0.1) is 0 Å². The molecule has 0 aromatic rings. The van der Waals surface area contributed by atoms with Crippen molar-refractivity contribution in [3.63, 3.8) is 0 Å². The van der Waals surface area contributed by atoms with E-state index < -0.39 is 45.1 Å². The highest BCUT2D eigenvalue weighted by Crippen LogP contribution is 2.43. The van der Waals surface area contributed by atoms with Crippen LogP contribution in [-0.2, 0) is 32.7 Å². The Hall–Kier alpha value is -2.07. The van der Waals surface area contributed by atoms with Crippen molar-refractivity contribution in [3.8, 4) is 0 Å². The zero-order valence-electron chi connectivity index (χ0n) is 43.2. The summed E-state index contributed by atoms with van der Waals surface area (Å²) in [5.74, 6) is -1.78. The summed E-state index contributed by atoms with van der Waals surface area (Å²) < 4.78 is 33.6. The van der Waals surface area contributed by atoms with Gasteiger partial charge in [0.25, 0.3) is 0 Å². The minimum Gasteiger partial charge on any atom is -0.480 e. The molecule has 0 aliphatic rings. The van der Waals surface area contributed by atoms with Gasteiger partial charge in [0.05, 0.1) is 19.8 Å². The normalized spacial score (nSPS) is 14.0. The lowest BCUT2D eigenvalue weighted by molar-refractivity contribution is -0.154. The average Bonchev–Trinajstić information content (AvgIpc) is 3.31. The zero-order chi connectivity index (χ0) is 49.0. The summed E-state index contributed by atoms with van der Waals surface area (Å²) in [6.45, 7) is 3.90. The Bertz CT molecular complexity index is 1250. The number of hydrogen-bond acceptors (Lipinski definition) is 8. The van der Waals surface area contributed by atoms with Crippen molar-refractivity contribution in [2.75, 3.05) is 26.4 Å². The molecule has 0 aromatic heterocycles.